The number of thiol groups is 1. The maximum Gasteiger partial charge on any atom is 0.178 e. The Balaban J connectivity index is 2.36. The van der Waals surface area contributed by atoms with Crippen LogP contribution in [0.5, 0.6) is 11.5 Å². The van der Waals surface area contributed by atoms with Gasteiger partial charge in [0.25, 0.3) is 0 Å². The number of phenols is 2. The van der Waals surface area contributed by atoms with E-state index in [4.69, 9.17) is 0 Å². The second kappa shape index (κ2) is 6.37. The fourth-order valence-corrected chi connectivity index (χ4v) is 4.88. The van der Waals surface area contributed by atoms with Gasteiger partial charge in [-0.2, -0.15) is 12.6 Å². The average molecular weight is 361 g/mol. The third-order valence-corrected chi connectivity index (χ3v) is 6.38. The first-order valence-electron chi connectivity index (χ1n) is 7.99. The summed E-state index contributed by atoms with van der Waals surface area (Å²) in [5.74, 6) is 0.327. The van der Waals surface area contributed by atoms with Crippen LogP contribution in [0, 0.1) is 0 Å². The lowest BCUT2D eigenvalue weighted by Crippen LogP contribution is -2.35. The molecule has 2 aromatic rings. The molecule has 0 saturated heterocycles. The highest BCUT2D eigenvalue weighted by Crippen LogP contribution is 2.50. The van der Waals surface area contributed by atoms with E-state index in [1.54, 1.807) is 6.07 Å². The van der Waals surface area contributed by atoms with Crippen LogP contribution in [0.3, 0.4) is 0 Å². The number of hydrogen-bond donors (Lipinski definition) is 3. The van der Waals surface area contributed by atoms with Gasteiger partial charge in [0.2, 0.25) is 0 Å². The van der Waals surface area contributed by atoms with Crippen LogP contribution in [0.25, 0.3) is 0 Å². The smallest absolute Gasteiger partial charge is 0.178 e. The van der Waals surface area contributed by atoms with E-state index in [0.29, 0.717) is 29.1 Å². The Morgan fingerprint density at radius 3 is 2.42 bits per heavy atom. The van der Waals surface area contributed by atoms with E-state index in [-0.39, 0.29) is 17.3 Å². The Morgan fingerprint density at radius 2 is 1.79 bits per heavy atom. The van der Waals surface area contributed by atoms with E-state index in [2.05, 4.69) is 18.7 Å². The van der Waals surface area contributed by atoms with Crippen molar-refractivity contribution in [2.75, 3.05) is 0 Å². The minimum atomic E-state index is -0.680. The van der Waals surface area contributed by atoms with Crippen molar-refractivity contribution in [3.63, 3.8) is 0 Å². The van der Waals surface area contributed by atoms with E-state index in [1.807, 2.05) is 26.0 Å². The van der Waals surface area contributed by atoms with Gasteiger partial charge in [-0.15, -0.1) is 0 Å². The zero-order chi connectivity index (χ0) is 17.5. The third-order valence-electron chi connectivity index (χ3n) is 4.90. The van der Waals surface area contributed by atoms with Gasteiger partial charge >= 0.3 is 0 Å². The fraction of sp³-hybridized carbons (Fsp3) is 0.316. The van der Waals surface area contributed by atoms with E-state index >= 15 is 0 Å². The molecule has 0 aromatic heterocycles. The van der Waals surface area contributed by atoms with Gasteiger partial charge < -0.3 is 10.2 Å². The van der Waals surface area contributed by atoms with Crippen LogP contribution >= 0.6 is 24.4 Å². The maximum atomic E-state index is 13.4. The van der Waals surface area contributed by atoms with Crippen LogP contribution in [0.4, 0.5) is 0 Å². The first-order valence-corrected chi connectivity index (χ1v) is 9.44. The summed E-state index contributed by atoms with van der Waals surface area (Å²) >= 11 is 5.78. The monoisotopic (exact) mass is 360 g/mol. The highest BCUT2D eigenvalue weighted by atomic mass is 32.2. The van der Waals surface area contributed by atoms with Crippen LogP contribution in [-0.4, -0.2) is 16.0 Å². The zero-order valence-corrected chi connectivity index (χ0v) is 15.4. The van der Waals surface area contributed by atoms with Crippen molar-refractivity contribution in [2.24, 2.45) is 0 Å². The summed E-state index contributed by atoms with van der Waals surface area (Å²) in [4.78, 5) is 15.0. The van der Waals surface area contributed by atoms with Gasteiger partial charge in [0.05, 0.1) is 11.0 Å². The van der Waals surface area contributed by atoms with Gasteiger partial charge in [-0.1, -0.05) is 37.7 Å². The second-order valence-corrected chi connectivity index (χ2v) is 7.45. The maximum absolute atomic E-state index is 13.4. The van der Waals surface area contributed by atoms with Crippen molar-refractivity contribution in [3.05, 3.63) is 47.0 Å². The number of hydrogen-bond acceptors (Lipinski definition) is 5. The number of ketones is 1. The second-order valence-electron chi connectivity index (χ2n) is 6.05. The molecule has 24 heavy (non-hydrogen) atoms. The van der Waals surface area contributed by atoms with Crippen LogP contribution in [0.1, 0.15) is 48.2 Å². The molecule has 126 valence electrons. The summed E-state index contributed by atoms with van der Waals surface area (Å²) in [5, 5.41) is 20.2. The molecule has 0 bridgehead atoms. The Labute approximate surface area is 151 Å². The van der Waals surface area contributed by atoms with E-state index < -0.39 is 5.41 Å². The first-order chi connectivity index (χ1) is 11.5. The molecule has 0 radical (unpaired) electrons. The topological polar surface area (TPSA) is 57.5 Å². The van der Waals surface area contributed by atoms with Gasteiger partial charge in [-0.05, 0) is 36.1 Å². The standard InChI is InChI=1S/C19H20O3S2/c1-3-19(4-2)13-7-11(10-23)5-6-15(13)24-16-9-12(20)8-14(21)17(16)18(19)22/h5-9,20-21,23H,3-4,10H2,1-2H3. The number of carbonyl (C=O) groups is 1. The fourth-order valence-electron chi connectivity index (χ4n) is 3.47. The molecule has 0 fully saturated rings. The Hall–Kier alpha value is -1.59. The molecule has 0 aliphatic carbocycles. The van der Waals surface area contributed by atoms with Crippen molar-refractivity contribution in [1.82, 2.24) is 0 Å². The SMILES string of the molecule is CCC1(CC)C(=O)c2c(O)cc(O)cc2Sc2ccc(CS)cc21. The van der Waals surface area contributed by atoms with Gasteiger partial charge in [-0.3, -0.25) is 4.79 Å². The lowest BCUT2D eigenvalue weighted by atomic mass is 9.70. The Morgan fingerprint density at radius 1 is 1.08 bits per heavy atom. The van der Waals surface area contributed by atoms with E-state index in [9.17, 15) is 15.0 Å². The number of Topliss-reactive ketones (excluding diaryl/α,β-unsaturated/α-hetero) is 1. The summed E-state index contributed by atoms with van der Waals surface area (Å²) in [6.07, 6.45) is 1.29. The van der Waals surface area contributed by atoms with Crippen molar-refractivity contribution in [2.45, 2.75) is 47.6 Å². The van der Waals surface area contributed by atoms with E-state index in [1.165, 1.54) is 17.8 Å². The molecule has 0 unspecified atom stereocenters. The lowest BCUT2D eigenvalue weighted by molar-refractivity contribution is 0.0865. The molecule has 1 heterocycles. The van der Waals surface area contributed by atoms with Gasteiger partial charge in [0.15, 0.2) is 5.78 Å². The van der Waals surface area contributed by atoms with Crippen molar-refractivity contribution in [1.29, 1.82) is 0 Å². The summed E-state index contributed by atoms with van der Waals surface area (Å²) in [6.45, 7) is 4.01. The molecule has 1 aliphatic heterocycles. The first kappa shape index (κ1) is 17.2. The van der Waals surface area contributed by atoms with Gasteiger partial charge in [-0.25, -0.2) is 0 Å². The predicted molar refractivity (Wildman–Crippen MR) is 99.6 cm³/mol. The molecular formula is C19H20O3S2. The Kier molecular flexibility index (Phi) is 4.58. The molecular weight excluding hydrogens is 340 g/mol. The molecule has 0 amide bonds. The van der Waals surface area contributed by atoms with E-state index in [0.717, 1.165) is 16.0 Å². The minimum Gasteiger partial charge on any atom is -0.508 e. The van der Waals surface area contributed by atoms with Gasteiger partial charge in [0, 0.05) is 21.6 Å². The van der Waals surface area contributed by atoms with Crippen LogP contribution in [-0.2, 0) is 11.2 Å². The lowest BCUT2D eigenvalue weighted by Gasteiger charge is -2.31. The highest BCUT2D eigenvalue weighted by Gasteiger charge is 2.43. The quantitative estimate of drug-likeness (QED) is 0.679. The molecule has 3 rings (SSSR count). The molecule has 2 aromatic carbocycles. The number of benzene rings is 2. The molecule has 5 heteroatoms. The number of aromatic hydroxyl groups is 2. The molecule has 0 atom stereocenters. The van der Waals surface area contributed by atoms with Gasteiger partial charge in [0.1, 0.15) is 11.5 Å². The summed E-state index contributed by atoms with van der Waals surface area (Å²) in [7, 11) is 0. The molecule has 0 spiro atoms. The zero-order valence-electron chi connectivity index (χ0n) is 13.7. The predicted octanol–water partition coefficient (Wildman–Crippen LogP) is 4.93. The minimum absolute atomic E-state index is 0.0411. The summed E-state index contributed by atoms with van der Waals surface area (Å²) in [5.41, 5.74) is 1.69. The van der Waals surface area contributed by atoms with Crippen molar-refractivity contribution < 1.29 is 15.0 Å². The number of rotatable bonds is 3. The normalized spacial score (nSPS) is 15.5. The number of fused-ring (bicyclic) bond motifs is 2. The van der Waals surface area contributed by atoms with Crippen LogP contribution in [0.2, 0.25) is 0 Å². The largest absolute Gasteiger partial charge is 0.508 e. The Bertz CT molecular complexity index is 810. The average Bonchev–Trinajstić information content (AvgIpc) is 2.66. The summed E-state index contributed by atoms with van der Waals surface area (Å²) < 4.78 is 0. The third kappa shape index (κ3) is 2.50. The molecule has 0 saturated carbocycles. The number of carbonyl (C=O) groups excluding carboxylic acids is 1. The summed E-state index contributed by atoms with van der Waals surface area (Å²) in [6, 6.07) is 8.86. The van der Waals surface area contributed by atoms with Crippen molar-refractivity contribution in [3.8, 4) is 11.5 Å². The molecule has 3 nitrogen and oxygen atoms in total. The van der Waals surface area contributed by atoms with Crippen molar-refractivity contribution >= 4 is 30.2 Å². The molecule has 1 aliphatic rings. The van der Waals surface area contributed by atoms with Crippen LogP contribution < -0.4 is 0 Å². The highest BCUT2D eigenvalue weighted by molar-refractivity contribution is 7.99. The molecule has 2 N–H and O–H groups in total. The van der Waals surface area contributed by atoms with Crippen LogP contribution in [0.15, 0.2) is 40.1 Å². The number of phenolic OH excluding ortho intramolecular Hbond substituents is 2.